The van der Waals surface area contributed by atoms with Gasteiger partial charge >= 0.3 is 0 Å². The largest absolute Gasteiger partial charge is 0.484 e. The van der Waals surface area contributed by atoms with Crippen molar-refractivity contribution in [3.63, 3.8) is 0 Å². The molecule has 1 aliphatic rings. The Bertz CT molecular complexity index is 1060. The number of furan rings is 1. The Morgan fingerprint density at radius 2 is 1.79 bits per heavy atom. The van der Waals surface area contributed by atoms with E-state index in [1.807, 2.05) is 30.3 Å². The first kappa shape index (κ1) is 23.5. The number of benzene rings is 2. The zero-order chi connectivity index (χ0) is 23.8. The zero-order valence-electron chi connectivity index (χ0n) is 19.3. The maximum atomic E-state index is 12.8. The van der Waals surface area contributed by atoms with Crippen LogP contribution in [0, 0.1) is 0 Å². The number of carbonyl (C=O) groups excluding carboxylic acids is 2. The number of rotatable bonds is 9. The summed E-state index contributed by atoms with van der Waals surface area (Å²) < 4.78 is 10.8. The van der Waals surface area contributed by atoms with Gasteiger partial charge in [0.15, 0.2) is 12.4 Å². The highest BCUT2D eigenvalue weighted by molar-refractivity contribution is 6.02. The third-order valence-corrected chi connectivity index (χ3v) is 5.78. The molecule has 0 bridgehead atoms. The van der Waals surface area contributed by atoms with Crippen LogP contribution < -0.4 is 15.4 Å². The second-order valence-corrected chi connectivity index (χ2v) is 8.38. The van der Waals surface area contributed by atoms with Crippen molar-refractivity contribution in [1.82, 2.24) is 15.1 Å². The summed E-state index contributed by atoms with van der Waals surface area (Å²) in [6, 6.07) is 20.0. The average molecular weight is 463 g/mol. The molecule has 178 valence electrons. The first-order valence-electron chi connectivity index (χ1n) is 11.4. The van der Waals surface area contributed by atoms with Crippen LogP contribution in [-0.2, 0) is 4.79 Å². The number of hydrogen-bond acceptors (Lipinski definition) is 6. The SMILES string of the molecule is CN1CCN(CC(NC(=O)COc2cccc(NC(=O)c3ccco3)c2)c2ccccc2)CC1. The predicted octanol–water partition coefficient (Wildman–Crippen LogP) is 3.02. The van der Waals surface area contributed by atoms with Crippen LogP contribution in [0.25, 0.3) is 0 Å². The van der Waals surface area contributed by atoms with E-state index in [-0.39, 0.29) is 30.2 Å². The lowest BCUT2D eigenvalue weighted by molar-refractivity contribution is -0.124. The molecule has 2 aromatic carbocycles. The number of nitrogens with zero attached hydrogens (tertiary/aromatic N) is 2. The number of hydrogen-bond donors (Lipinski definition) is 2. The van der Waals surface area contributed by atoms with E-state index in [1.165, 1.54) is 6.26 Å². The Hall–Kier alpha value is -3.62. The molecule has 0 spiro atoms. The highest BCUT2D eigenvalue weighted by Crippen LogP contribution is 2.19. The molecule has 1 aromatic heterocycles. The van der Waals surface area contributed by atoms with Crippen molar-refractivity contribution in [1.29, 1.82) is 0 Å². The Morgan fingerprint density at radius 1 is 1.00 bits per heavy atom. The summed E-state index contributed by atoms with van der Waals surface area (Å²) in [7, 11) is 2.13. The van der Waals surface area contributed by atoms with Gasteiger partial charge in [-0.05, 0) is 36.9 Å². The molecule has 1 saturated heterocycles. The van der Waals surface area contributed by atoms with Crippen LogP contribution >= 0.6 is 0 Å². The van der Waals surface area contributed by atoms with Gasteiger partial charge in [-0.25, -0.2) is 0 Å². The summed E-state index contributed by atoms with van der Waals surface area (Å²) in [4.78, 5) is 29.6. The van der Waals surface area contributed by atoms with Gasteiger partial charge in [-0.1, -0.05) is 36.4 Å². The van der Waals surface area contributed by atoms with Crippen molar-refractivity contribution in [3.05, 3.63) is 84.3 Å². The molecule has 0 radical (unpaired) electrons. The van der Waals surface area contributed by atoms with Gasteiger partial charge in [0.25, 0.3) is 11.8 Å². The summed E-state index contributed by atoms with van der Waals surface area (Å²) >= 11 is 0. The maximum absolute atomic E-state index is 12.8. The van der Waals surface area contributed by atoms with Crippen molar-refractivity contribution in [2.24, 2.45) is 0 Å². The van der Waals surface area contributed by atoms with Gasteiger partial charge in [0.2, 0.25) is 0 Å². The van der Waals surface area contributed by atoms with Crippen molar-refractivity contribution in [3.8, 4) is 5.75 Å². The molecule has 34 heavy (non-hydrogen) atoms. The van der Waals surface area contributed by atoms with E-state index in [1.54, 1.807) is 36.4 Å². The number of ether oxygens (including phenoxy) is 1. The number of piperazine rings is 1. The molecule has 2 heterocycles. The molecule has 3 aromatic rings. The van der Waals surface area contributed by atoms with E-state index in [4.69, 9.17) is 9.15 Å². The number of amides is 2. The normalized spacial score (nSPS) is 15.4. The summed E-state index contributed by atoms with van der Waals surface area (Å²) in [5.41, 5.74) is 1.62. The van der Waals surface area contributed by atoms with E-state index in [2.05, 4.69) is 27.5 Å². The van der Waals surface area contributed by atoms with Gasteiger partial charge in [0.1, 0.15) is 5.75 Å². The third-order valence-electron chi connectivity index (χ3n) is 5.78. The fourth-order valence-electron chi connectivity index (χ4n) is 3.86. The standard InChI is InChI=1S/C26H30N4O4/c1-29-12-14-30(15-13-29)18-23(20-7-3-2-4-8-20)28-25(31)19-34-22-10-5-9-21(17-22)27-26(32)24-11-6-16-33-24/h2-11,16-17,23H,12-15,18-19H2,1H3,(H,27,32)(H,28,31). The van der Waals surface area contributed by atoms with E-state index in [0.717, 1.165) is 38.3 Å². The lowest BCUT2D eigenvalue weighted by Gasteiger charge is -2.35. The summed E-state index contributed by atoms with van der Waals surface area (Å²) in [6.45, 7) is 4.61. The second-order valence-electron chi connectivity index (χ2n) is 8.38. The van der Waals surface area contributed by atoms with Crippen LogP contribution in [0.1, 0.15) is 22.2 Å². The summed E-state index contributed by atoms with van der Waals surface area (Å²) in [5.74, 6) is 0.156. The van der Waals surface area contributed by atoms with Crippen LogP contribution in [-0.4, -0.2) is 68.0 Å². The van der Waals surface area contributed by atoms with Gasteiger partial charge in [-0.2, -0.15) is 0 Å². The smallest absolute Gasteiger partial charge is 0.291 e. The third kappa shape index (κ3) is 6.69. The summed E-state index contributed by atoms with van der Waals surface area (Å²) in [5, 5.41) is 5.88. The van der Waals surface area contributed by atoms with E-state index in [9.17, 15) is 9.59 Å². The van der Waals surface area contributed by atoms with Crippen LogP contribution in [0.15, 0.2) is 77.4 Å². The molecular formula is C26H30N4O4. The number of anilines is 1. The number of carbonyl (C=O) groups is 2. The molecule has 0 aliphatic carbocycles. The second kappa shape index (κ2) is 11.5. The Kier molecular flexibility index (Phi) is 7.95. The van der Waals surface area contributed by atoms with E-state index < -0.39 is 0 Å². The molecule has 8 heteroatoms. The molecule has 8 nitrogen and oxygen atoms in total. The minimum Gasteiger partial charge on any atom is -0.484 e. The molecule has 1 unspecified atom stereocenters. The molecule has 1 aliphatic heterocycles. The highest BCUT2D eigenvalue weighted by atomic mass is 16.5. The summed E-state index contributed by atoms with van der Waals surface area (Å²) in [6.07, 6.45) is 1.44. The fourth-order valence-corrected chi connectivity index (χ4v) is 3.86. The van der Waals surface area contributed by atoms with Gasteiger partial charge in [-0.15, -0.1) is 0 Å². The topological polar surface area (TPSA) is 87.0 Å². The molecule has 2 N–H and O–H groups in total. The first-order valence-corrected chi connectivity index (χ1v) is 11.4. The van der Waals surface area contributed by atoms with Gasteiger partial charge in [-0.3, -0.25) is 14.5 Å². The fraction of sp³-hybridized carbons (Fsp3) is 0.308. The first-order chi connectivity index (χ1) is 16.6. The molecule has 4 rings (SSSR count). The maximum Gasteiger partial charge on any atom is 0.291 e. The minimum atomic E-state index is -0.352. The van der Waals surface area contributed by atoms with Crippen LogP contribution in [0.3, 0.4) is 0 Å². The van der Waals surface area contributed by atoms with Crippen molar-refractivity contribution in [2.45, 2.75) is 6.04 Å². The van der Waals surface area contributed by atoms with Crippen LogP contribution in [0.4, 0.5) is 5.69 Å². The number of nitrogens with one attached hydrogen (secondary N) is 2. The van der Waals surface area contributed by atoms with Gasteiger partial charge in [0.05, 0.1) is 12.3 Å². The number of likely N-dealkylation sites (N-methyl/N-ethyl adjacent to an activating group) is 1. The zero-order valence-corrected chi connectivity index (χ0v) is 19.3. The van der Waals surface area contributed by atoms with E-state index >= 15 is 0 Å². The molecule has 2 amide bonds. The average Bonchev–Trinajstić information content (AvgIpc) is 3.40. The molecule has 1 atom stereocenters. The molecular weight excluding hydrogens is 432 g/mol. The molecule has 0 saturated carbocycles. The van der Waals surface area contributed by atoms with Crippen molar-refractivity contribution < 1.29 is 18.7 Å². The van der Waals surface area contributed by atoms with Gasteiger partial charge < -0.3 is 24.7 Å². The van der Waals surface area contributed by atoms with E-state index in [0.29, 0.717) is 11.4 Å². The minimum absolute atomic E-state index is 0.123. The lowest BCUT2D eigenvalue weighted by Crippen LogP contribution is -2.48. The quantitative estimate of drug-likeness (QED) is 0.508. The highest BCUT2D eigenvalue weighted by Gasteiger charge is 2.21. The van der Waals surface area contributed by atoms with Crippen LogP contribution in [0.2, 0.25) is 0 Å². The Balaban J connectivity index is 1.33. The predicted molar refractivity (Wildman–Crippen MR) is 130 cm³/mol. The lowest BCUT2D eigenvalue weighted by atomic mass is 10.1. The Labute approximate surface area is 199 Å². The monoisotopic (exact) mass is 462 g/mol. The Morgan fingerprint density at radius 3 is 2.53 bits per heavy atom. The van der Waals surface area contributed by atoms with Crippen LogP contribution in [0.5, 0.6) is 5.75 Å². The van der Waals surface area contributed by atoms with Crippen molar-refractivity contribution in [2.75, 3.05) is 51.7 Å². The van der Waals surface area contributed by atoms with Gasteiger partial charge in [0, 0.05) is 44.5 Å². The molecule has 1 fully saturated rings. The van der Waals surface area contributed by atoms with Crippen molar-refractivity contribution >= 4 is 17.5 Å².